The van der Waals surface area contributed by atoms with Crippen molar-refractivity contribution in [2.75, 3.05) is 7.05 Å². The zero-order valence-electron chi connectivity index (χ0n) is 9.73. The fourth-order valence-electron chi connectivity index (χ4n) is 1.66. The van der Waals surface area contributed by atoms with Crippen molar-refractivity contribution in [1.82, 2.24) is 20.1 Å². The largest absolute Gasteiger partial charge is 0.316 e. The van der Waals surface area contributed by atoms with Gasteiger partial charge in [-0.2, -0.15) is 0 Å². The molecule has 5 heteroatoms. The Morgan fingerprint density at radius 2 is 2.06 bits per heavy atom. The molecule has 0 bridgehead atoms. The normalized spacial score (nSPS) is 10.7. The lowest BCUT2D eigenvalue weighted by atomic mass is 10.1. The van der Waals surface area contributed by atoms with E-state index < -0.39 is 0 Å². The minimum absolute atomic E-state index is 0.737. The number of hydrogen-bond acceptors (Lipinski definition) is 3. The predicted molar refractivity (Wildman–Crippen MR) is 67.9 cm³/mol. The molecule has 17 heavy (non-hydrogen) atoms. The van der Waals surface area contributed by atoms with Crippen LogP contribution in [0.15, 0.2) is 30.6 Å². The van der Waals surface area contributed by atoms with Gasteiger partial charge in [-0.25, -0.2) is 0 Å². The van der Waals surface area contributed by atoms with Crippen LogP contribution in [0, 0.1) is 0 Å². The summed E-state index contributed by atoms with van der Waals surface area (Å²) in [6.07, 6.45) is 2.72. The quantitative estimate of drug-likeness (QED) is 0.881. The number of benzene rings is 1. The van der Waals surface area contributed by atoms with Gasteiger partial charge in [0.1, 0.15) is 12.2 Å². The van der Waals surface area contributed by atoms with Gasteiger partial charge >= 0.3 is 0 Å². The Morgan fingerprint density at radius 3 is 2.76 bits per heavy atom. The molecule has 1 aromatic carbocycles. The molecule has 0 spiro atoms. The average Bonchev–Trinajstić information content (AvgIpc) is 2.77. The van der Waals surface area contributed by atoms with E-state index in [1.54, 1.807) is 6.33 Å². The second-order valence-corrected chi connectivity index (χ2v) is 4.28. The maximum Gasteiger partial charge on any atom is 0.146 e. The van der Waals surface area contributed by atoms with Crippen LogP contribution in [-0.2, 0) is 19.5 Å². The summed E-state index contributed by atoms with van der Waals surface area (Å²) < 4.78 is 2.06. The fraction of sp³-hybridized carbons (Fsp3) is 0.333. The third-order valence-electron chi connectivity index (χ3n) is 2.59. The van der Waals surface area contributed by atoms with Crippen LogP contribution >= 0.6 is 11.6 Å². The monoisotopic (exact) mass is 250 g/mol. The van der Waals surface area contributed by atoms with Gasteiger partial charge < -0.3 is 9.88 Å². The molecule has 0 saturated carbocycles. The lowest BCUT2D eigenvalue weighted by Gasteiger charge is -2.06. The summed E-state index contributed by atoms with van der Waals surface area (Å²) in [5, 5.41) is 11.8. The Kier molecular flexibility index (Phi) is 4.12. The highest BCUT2D eigenvalue weighted by Gasteiger charge is 2.02. The summed E-state index contributed by atoms with van der Waals surface area (Å²) in [6, 6.07) is 7.92. The Morgan fingerprint density at radius 1 is 1.29 bits per heavy atom. The first kappa shape index (κ1) is 12.1. The number of nitrogens with zero attached hydrogens (tertiary/aromatic N) is 3. The maximum absolute atomic E-state index is 5.84. The van der Waals surface area contributed by atoms with Crippen LogP contribution in [0.4, 0.5) is 0 Å². The standard InChI is InChI=1S/C12H15ClN4/c1-14-8-12-16-15-9-17(12)7-6-10-2-4-11(13)5-3-10/h2-5,9,14H,6-8H2,1H3. The van der Waals surface area contributed by atoms with E-state index in [4.69, 9.17) is 11.6 Å². The van der Waals surface area contributed by atoms with E-state index in [2.05, 4.69) is 20.1 Å². The minimum Gasteiger partial charge on any atom is -0.316 e. The summed E-state index contributed by atoms with van der Waals surface area (Å²) in [4.78, 5) is 0. The Labute approximate surface area is 106 Å². The van der Waals surface area contributed by atoms with Gasteiger partial charge in [0.25, 0.3) is 0 Å². The number of nitrogens with one attached hydrogen (secondary N) is 1. The molecule has 0 radical (unpaired) electrons. The summed E-state index contributed by atoms with van der Waals surface area (Å²) in [5.41, 5.74) is 1.26. The van der Waals surface area contributed by atoms with Crippen molar-refractivity contribution in [1.29, 1.82) is 0 Å². The van der Waals surface area contributed by atoms with Crippen LogP contribution in [0.1, 0.15) is 11.4 Å². The molecule has 0 atom stereocenters. The molecule has 4 nitrogen and oxygen atoms in total. The number of rotatable bonds is 5. The maximum atomic E-state index is 5.84. The number of halogens is 1. The lowest BCUT2D eigenvalue weighted by Crippen LogP contribution is -2.13. The van der Waals surface area contributed by atoms with Crippen LogP contribution in [0.2, 0.25) is 5.02 Å². The van der Waals surface area contributed by atoms with E-state index in [0.29, 0.717) is 0 Å². The van der Waals surface area contributed by atoms with Crippen molar-refractivity contribution in [3.05, 3.63) is 47.0 Å². The molecule has 0 amide bonds. The highest BCUT2D eigenvalue weighted by Crippen LogP contribution is 2.10. The van der Waals surface area contributed by atoms with E-state index in [9.17, 15) is 0 Å². The Hall–Kier alpha value is -1.39. The molecular formula is C12H15ClN4. The van der Waals surface area contributed by atoms with E-state index in [-0.39, 0.29) is 0 Å². The molecule has 2 rings (SSSR count). The molecule has 0 aliphatic rings. The average molecular weight is 251 g/mol. The van der Waals surface area contributed by atoms with E-state index >= 15 is 0 Å². The van der Waals surface area contributed by atoms with Gasteiger partial charge in [0.2, 0.25) is 0 Å². The molecule has 0 fully saturated rings. The molecular weight excluding hydrogens is 236 g/mol. The van der Waals surface area contributed by atoms with Crippen molar-refractivity contribution in [3.8, 4) is 0 Å². The molecule has 1 N–H and O–H groups in total. The third-order valence-corrected chi connectivity index (χ3v) is 2.84. The Balaban J connectivity index is 1.97. The second kappa shape index (κ2) is 5.80. The summed E-state index contributed by atoms with van der Waals surface area (Å²) in [6.45, 7) is 1.62. The van der Waals surface area contributed by atoms with Crippen LogP contribution in [0.25, 0.3) is 0 Å². The van der Waals surface area contributed by atoms with Gasteiger partial charge in [0, 0.05) is 11.6 Å². The summed E-state index contributed by atoms with van der Waals surface area (Å²) in [5.74, 6) is 0.960. The van der Waals surface area contributed by atoms with Gasteiger partial charge in [-0.05, 0) is 31.2 Å². The van der Waals surface area contributed by atoms with Crippen LogP contribution in [-0.4, -0.2) is 21.8 Å². The number of aromatic nitrogens is 3. The predicted octanol–water partition coefficient (Wildman–Crippen LogP) is 1.89. The smallest absolute Gasteiger partial charge is 0.146 e. The van der Waals surface area contributed by atoms with Crippen molar-refractivity contribution in [2.24, 2.45) is 0 Å². The lowest BCUT2D eigenvalue weighted by molar-refractivity contribution is 0.625. The van der Waals surface area contributed by atoms with Crippen LogP contribution in [0.3, 0.4) is 0 Å². The van der Waals surface area contributed by atoms with Crippen molar-refractivity contribution in [3.63, 3.8) is 0 Å². The molecule has 2 aromatic rings. The SMILES string of the molecule is CNCc1nncn1CCc1ccc(Cl)cc1. The van der Waals surface area contributed by atoms with Gasteiger partial charge in [0.15, 0.2) is 0 Å². The first-order chi connectivity index (χ1) is 8.29. The minimum atomic E-state index is 0.737. The summed E-state index contributed by atoms with van der Waals surface area (Å²) in [7, 11) is 1.90. The summed E-state index contributed by atoms with van der Waals surface area (Å²) >= 11 is 5.84. The van der Waals surface area contributed by atoms with Gasteiger partial charge in [-0.3, -0.25) is 0 Å². The van der Waals surface area contributed by atoms with Gasteiger partial charge in [-0.1, -0.05) is 23.7 Å². The zero-order chi connectivity index (χ0) is 12.1. The topological polar surface area (TPSA) is 42.7 Å². The molecule has 1 aromatic heterocycles. The Bertz CT molecular complexity index is 464. The van der Waals surface area contributed by atoms with E-state index in [1.807, 2.05) is 31.3 Å². The van der Waals surface area contributed by atoms with Crippen molar-refractivity contribution < 1.29 is 0 Å². The molecule has 1 heterocycles. The first-order valence-electron chi connectivity index (χ1n) is 5.55. The van der Waals surface area contributed by atoms with Gasteiger partial charge in [-0.15, -0.1) is 10.2 Å². The molecule has 0 unspecified atom stereocenters. The van der Waals surface area contributed by atoms with Crippen LogP contribution in [0.5, 0.6) is 0 Å². The fourth-order valence-corrected chi connectivity index (χ4v) is 1.79. The van der Waals surface area contributed by atoms with E-state index in [1.165, 1.54) is 5.56 Å². The third kappa shape index (κ3) is 3.28. The molecule has 0 aliphatic heterocycles. The number of hydrogen-bond donors (Lipinski definition) is 1. The van der Waals surface area contributed by atoms with Crippen molar-refractivity contribution in [2.45, 2.75) is 19.5 Å². The molecule has 90 valence electrons. The highest BCUT2D eigenvalue weighted by atomic mass is 35.5. The van der Waals surface area contributed by atoms with Crippen molar-refractivity contribution >= 4 is 11.6 Å². The molecule has 0 saturated heterocycles. The second-order valence-electron chi connectivity index (χ2n) is 3.85. The molecule has 0 aliphatic carbocycles. The highest BCUT2D eigenvalue weighted by molar-refractivity contribution is 6.30. The van der Waals surface area contributed by atoms with Gasteiger partial charge in [0.05, 0.1) is 6.54 Å². The first-order valence-corrected chi connectivity index (χ1v) is 5.93. The van der Waals surface area contributed by atoms with Crippen LogP contribution < -0.4 is 5.32 Å². The van der Waals surface area contributed by atoms with E-state index in [0.717, 1.165) is 30.4 Å². The zero-order valence-corrected chi connectivity index (χ0v) is 10.5. The number of aryl methyl sites for hydroxylation is 2.